The second-order valence-electron chi connectivity index (χ2n) is 4.94. The summed E-state index contributed by atoms with van der Waals surface area (Å²) in [5.74, 6) is 0.539. The molecule has 18 heavy (non-hydrogen) atoms. The summed E-state index contributed by atoms with van der Waals surface area (Å²) in [5.41, 5.74) is 3.85. The molecule has 0 saturated carbocycles. The molecule has 0 bridgehead atoms. The molecule has 0 spiro atoms. The van der Waals surface area contributed by atoms with Crippen LogP contribution in [-0.2, 0) is 0 Å². The molecule has 1 aliphatic rings. The predicted molar refractivity (Wildman–Crippen MR) is 75.9 cm³/mol. The van der Waals surface area contributed by atoms with Gasteiger partial charge in [-0.3, -0.25) is 4.99 Å². The zero-order chi connectivity index (χ0) is 12.4. The van der Waals surface area contributed by atoms with Crippen LogP contribution in [0.3, 0.4) is 0 Å². The van der Waals surface area contributed by atoms with Crippen molar-refractivity contribution in [3.05, 3.63) is 71.8 Å². The molecule has 1 aliphatic heterocycles. The highest BCUT2D eigenvalue weighted by molar-refractivity contribution is 6.03. The van der Waals surface area contributed by atoms with Crippen LogP contribution < -0.4 is 0 Å². The Hall–Kier alpha value is -1.89. The summed E-state index contributed by atoms with van der Waals surface area (Å²) in [6.07, 6.45) is 1.12. The third kappa shape index (κ3) is 2.08. The van der Waals surface area contributed by atoms with E-state index in [1.54, 1.807) is 0 Å². The van der Waals surface area contributed by atoms with Gasteiger partial charge in [0.05, 0.1) is 6.04 Å². The number of benzene rings is 2. The SMILES string of the molecule is CC1CC(c2ccccc2)N=C1c1ccccc1. The highest BCUT2D eigenvalue weighted by Gasteiger charge is 2.26. The minimum atomic E-state index is 0.330. The lowest BCUT2D eigenvalue weighted by molar-refractivity contribution is 0.630. The van der Waals surface area contributed by atoms with E-state index in [1.807, 2.05) is 0 Å². The molecule has 0 aliphatic carbocycles. The van der Waals surface area contributed by atoms with Gasteiger partial charge in [-0.1, -0.05) is 67.6 Å². The lowest BCUT2D eigenvalue weighted by Crippen LogP contribution is -2.06. The van der Waals surface area contributed by atoms with E-state index in [4.69, 9.17) is 4.99 Å². The second-order valence-corrected chi connectivity index (χ2v) is 4.94. The number of nitrogens with zero attached hydrogens (tertiary/aromatic N) is 1. The van der Waals surface area contributed by atoms with Crippen molar-refractivity contribution in [2.75, 3.05) is 0 Å². The van der Waals surface area contributed by atoms with E-state index in [-0.39, 0.29) is 0 Å². The summed E-state index contributed by atoms with van der Waals surface area (Å²) in [5, 5.41) is 0. The Bertz CT molecular complexity index is 542. The first kappa shape index (κ1) is 11.2. The quantitative estimate of drug-likeness (QED) is 0.737. The van der Waals surface area contributed by atoms with Gasteiger partial charge in [-0.05, 0) is 17.5 Å². The predicted octanol–water partition coefficient (Wildman–Crippen LogP) is 4.26. The summed E-state index contributed by atoms with van der Waals surface area (Å²) in [6.45, 7) is 2.27. The average Bonchev–Trinajstić information content (AvgIpc) is 2.83. The molecular formula is C17H17N. The van der Waals surface area contributed by atoms with Crippen molar-refractivity contribution in [3.8, 4) is 0 Å². The van der Waals surface area contributed by atoms with Crippen LogP contribution in [0.1, 0.15) is 30.5 Å². The van der Waals surface area contributed by atoms with Crippen LogP contribution in [0, 0.1) is 5.92 Å². The molecule has 3 rings (SSSR count). The Morgan fingerprint density at radius 1 is 0.889 bits per heavy atom. The molecular weight excluding hydrogens is 218 g/mol. The molecule has 1 nitrogen and oxygen atoms in total. The van der Waals surface area contributed by atoms with E-state index >= 15 is 0 Å². The molecule has 2 aromatic rings. The van der Waals surface area contributed by atoms with Crippen LogP contribution in [0.25, 0.3) is 0 Å². The standard InChI is InChI=1S/C17H17N/c1-13-12-16(14-8-4-2-5-9-14)18-17(13)15-10-6-3-7-11-15/h2-11,13,16H,12H2,1H3. The zero-order valence-corrected chi connectivity index (χ0v) is 10.6. The molecule has 0 amide bonds. The largest absolute Gasteiger partial charge is 0.281 e. The van der Waals surface area contributed by atoms with E-state index in [0.29, 0.717) is 12.0 Å². The van der Waals surface area contributed by atoms with Crippen LogP contribution in [0.2, 0.25) is 0 Å². The minimum absolute atomic E-state index is 0.330. The number of aliphatic imine (C=N–C) groups is 1. The van der Waals surface area contributed by atoms with Crippen LogP contribution in [0.15, 0.2) is 65.7 Å². The smallest absolute Gasteiger partial charge is 0.0758 e. The van der Waals surface area contributed by atoms with Crippen molar-refractivity contribution in [2.24, 2.45) is 10.9 Å². The molecule has 2 aromatic carbocycles. The fourth-order valence-corrected chi connectivity index (χ4v) is 2.65. The molecule has 0 aromatic heterocycles. The van der Waals surface area contributed by atoms with Crippen LogP contribution >= 0.6 is 0 Å². The Balaban J connectivity index is 1.93. The van der Waals surface area contributed by atoms with Gasteiger partial charge in [-0.15, -0.1) is 0 Å². The molecule has 0 saturated heterocycles. The number of hydrogen-bond acceptors (Lipinski definition) is 1. The van der Waals surface area contributed by atoms with Gasteiger partial charge in [0.15, 0.2) is 0 Å². The average molecular weight is 235 g/mol. The van der Waals surface area contributed by atoms with Gasteiger partial charge >= 0.3 is 0 Å². The molecule has 1 heteroatoms. The van der Waals surface area contributed by atoms with Crippen molar-refractivity contribution in [1.29, 1.82) is 0 Å². The van der Waals surface area contributed by atoms with Crippen molar-refractivity contribution < 1.29 is 0 Å². The molecule has 0 radical (unpaired) electrons. The van der Waals surface area contributed by atoms with E-state index in [2.05, 4.69) is 67.6 Å². The van der Waals surface area contributed by atoms with Gasteiger partial charge in [0.1, 0.15) is 0 Å². The normalized spacial score (nSPS) is 22.8. The van der Waals surface area contributed by atoms with Gasteiger partial charge in [0.2, 0.25) is 0 Å². The van der Waals surface area contributed by atoms with Gasteiger partial charge in [-0.2, -0.15) is 0 Å². The first-order valence-corrected chi connectivity index (χ1v) is 6.52. The summed E-state index contributed by atoms with van der Waals surface area (Å²) in [4.78, 5) is 4.93. The third-order valence-electron chi connectivity index (χ3n) is 3.59. The Morgan fingerprint density at radius 3 is 2.17 bits per heavy atom. The van der Waals surface area contributed by atoms with E-state index in [9.17, 15) is 0 Å². The van der Waals surface area contributed by atoms with Gasteiger partial charge < -0.3 is 0 Å². The minimum Gasteiger partial charge on any atom is -0.281 e. The highest BCUT2D eigenvalue weighted by atomic mass is 14.8. The zero-order valence-electron chi connectivity index (χ0n) is 10.6. The van der Waals surface area contributed by atoms with E-state index in [0.717, 1.165) is 6.42 Å². The van der Waals surface area contributed by atoms with E-state index in [1.165, 1.54) is 16.8 Å². The molecule has 2 unspecified atom stereocenters. The number of rotatable bonds is 2. The fourth-order valence-electron chi connectivity index (χ4n) is 2.65. The van der Waals surface area contributed by atoms with Gasteiger partial charge in [0, 0.05) is 11.6 Å². The second kappa shape index (κ2) is 4.77. The Labute approximate surface area is 108 Å². The molecule has 0 N–H and O–H groups in total. The van der Waals surface area contributed by atoms with Crippen molar-refractivity contribution in [2.45, 2.75) is 19.4 Å². The van der Waals surface area contributed by atoms with Crippen molar-refractivity contribution >= 4 is 5.71 Å². The molecule has 1 heterocycles. The lowest BCUT2D eigenvalue weighted by Gasteiger charge is -2.07. The third-order valence-corrected chi connectivity index (χ3v) is 3.59. The first-order valence-electron chi connectivity index (χ1n) is 6.52. The van der Waals surface area contributed by atoms with Gasteiger partial charge in [-0.25, -0.2) is 0 Å². The van der Waals surface area contributed by atoms with Crippen LogP contribution in [0.4, 0.5) is 0 Å². The van der Waals surface area contributed by atoms with E-state index < -0.39 is 0 Å². The molecule has 2 atom stereocenters. The highest BCUT2D eigenvalue weighted by Crippen LogP contribution is 2.34. The Morgan fingerprint density at radius 2 is 1.50 bits per heavy atom. The van der Waals surface area contributed by atoms with Crippen LogP contribution in [0.5, 0.6) is 0 Å². The topological polar surface area (TPSA) is 12.4 Å². The summed E-state index contributed by atoms with van der Waals surface area (Å²) in [6, 6.07) is 21.5. The Kier molecular flexibility index (Phi) is 2.97. The first-order chi connectivity index (χ1) is 8.84. The van der Waals surface area contributed by atoms with Crippen LogP contribution in [-0.4, -0.2) is 5.71 Å². The maximum Gasteiger partial charge on any atom is 0.0758 e. The summed E-state index contributed by atoms with van der Waals surface area (Å²) < 4.78 is 0. The number of hydrogen-bond donors (Lipinski definition) is 0. The monoisotopic (exact) mass is 235 g/mol. The van der Waals surface area contributed by atoms with Gasteiger partial charge in [0.25, 0.3) is 0 Å². The maximum atomic E-state index is 4.93. The van der Waals surface area contributed by atoms with Crippen molar-refractivity contribution in [3.63, 3.8) is 0 Å². The molecule has 90 valence electrons. The maximum absolute atomic E-state index is 4.93. The summed E-state index contributed by atoms with van der Waals surface area (Å²) in [7, 11) is 0. The summed E-state index contributed by atoms with van der Waals surface area (Å²) >= 11 is 0. The van der Waals surface area contributed by atoms with Crippen molar-refractivity contribution in [1.82, 2.24) is 0 Å². The lowest BCUT2D eigenvalue weighted by atomic mass is 9.94. The molecule has 0 fully saturated rings. The fraction of sp³-hybridized carbons (Fsp3) is 0.235.